The quantitative estimate of drug-likeness (QED) is 0.601. The van der Waals surface area contributed by atoms with Gasteiger partial charge in [0, 0.05) is 31.1 Å². The van der Waals surface area contributed by atoms with E-state index in [1.54, 1.807) is 29.2 Å². The molecule has 1 aromatic rings. The zero-order valence-corrected chi connectivity index (χ0v) is 11.0. The molecule has 1 rings (SSSR count). The Morgan fingerprint density at radius 2 is 2.00 bits per heavy atom. The number of hydrogen-bond donors (Lipinski definition) is 2. The molecule has 18 heavy (non-hydrogen) atoms. The molecule has 0 aromatic heterocycles. The monoisotopic (exact) mass is 251 g/mol. The minimum absolute atomic E-state index is 0.123. The lowest BCUT2D eigenvalue weighted by atomic mass is 10.3. The lowest BCUT2D eigenvalue weighted by molar-refractivity contribution is 0.123. The zero-order chi connectivity index (χ0) is 13.4. The Bertz CT molecular complexity index is 365. The first-order valence-corrected chi connectivity index (χ1v) is 6.16. The number of benzene rings is 1. The number of carbonyl (C=O) groups excluding carboxylic acids is 1. The van der Waals surface area contributed by atoms with Gasteiger partial charge in [-0.3, -0.25) is 0 Å². The highest BCUT2D eigenvalue weighted by Gasteiger charge is 2.10. The summed E-state index contributed by atoms with van der Waals surface area (Å²) in [5, 5.41) is 2.82. The maximum Gasteiger partial charge on any atom is 0.321 e. The first-order valence-electron chi connectivity index (χ1n) is 6.16. The van der Waals surface area contributed by atoms with Gasteiger partial charge in [0.15, 0.2) is 0 Å². The van der Waals surface area contributed by atoms with Gasteiger partial charge in [0.05, 0.1) is 6.61 Å². The minimum atomic E-state index is -0.123. The van der Waals surface area contributed by atoms with E-state index in [0.29, 0.717) is 32.0 Å². The largest absolute Gasteiger partial charge is 0.399 e. The van der Waals surface area contributed by atoms with Crippen molar-refractivity contribution >= 4 is 17.4 Å². The second-order valence-electron chi connectivity index (χ2n) is 3.83. The van der Waals surface area contributed by atoms with Crippen LogP contribution in [-0.4, -0.2) is 37.2 Å². The average Bonchev–Trinajstić information content (AvgIpc) is 2.37. The van der Waals surface area contributed by atoms with E-state index in [1.165, 1.54) is 0 Å². The second-order valence-corrected chi connectivity index (χ2v) is 3.83. The van der Waals surface area contributed by atoms with E-state index < -0.39 is 0 Å². The van der Waals surface area contributed by atoms with E-state index in [4.69, 9.17) is 10.5 Å². The molecule has 0 aliphatic rings. The number of amides is 2. The number of nitrogens with one attached hydrogen (secondary N) is 1. The molecule has 0 aliphatic carbocycles. The van der Waals surface area contributed by atoms with Crippen molar-refractivity contribution < 1.29 is 9.53 Å². The van der Waals surface area contributed by atoms with Gasteiger partial charge in [0.25, 0.3) is 0 Å². The van der Waals surface area contributed by atoms with Crippen LogP contribution < -0.4 is 11.1 Å². The van der Waals surface area contributed by atoms with Crippen molar-refractivity contribution in [2.24, 2.45) is 0 Å². The normalized spacial score (nSPS) is 10.1. The van der Waals surface area contributed by atoms with Crippen LogP contribution in [0.5, 0.6) is 0 Å². The molecule has 0 bridgehead atoms. The van der Waals surface area contributed by atoms with Crippen molar-refractivity contribution in [2.75, 3.05) is 37.4 Å². The molecule has 0 radical (unpaired) electrons. The number of urea groups is 1. The molecular formula is C13H21N3O2. The van der Waals surface area contributed by atoms with Gasteiger partial charge >= 0.3 is 6.03 Å². The highest BCUT2D eigenvalue weighted by atomic mass is 16.5. The van der Waals surface area contributed by atoms with Crippen molar-refractivity contribution in [3.8, 4) is 0 Å². The van der Waals surface area contributed by atoms with E-state index in [1.807, 2.05) is 13.8 Å². The number of nitrogen functional groups attached to an aromatic ring is 1. The molecule has 0 atom stereocenters. The molecule has 5 nitrogen and oxygen atoms in total. The lowest BCUT2D eigenvalue weighted by Crippen LogP contribution is -2.37. The van der Waals surface area contributed by atoms with E-state index in [9.17, 15) is 4.79 Å². The Morgan fingerprint density at radius 1 is 1.33 bits per heavy atom. The number of likely N-dealkylation sites (N-methyl/N-ethyl adjacent to an activating group) is 1. The topological polar surface area (TPSA) is 67.6 Å². The summed E-state index contributed by atoms with van der Waals surface area (Å²) >= 11 is 0. The summed E-state index contributed by atoms with van der Waals surface area (Å²) in [6.45, 7) is 6.33. The summed E-state index contributed by atoms with van der Waals surface area (Å²) in [5.41, 5.74) is 7.00. The summed E-state index contributed by atoms with van der Waals surface area (Å²) in [5.74, 6) is 0. The second kappa shape index (κ2) is 7.55. The molecule has 1 aromatic carbocycles. The summed E-state index contributed by atoms with van der Waals surface area (Å²) in [7, 11) is 0. The van der Waals surface area contributed by atoms with Gasteiger partial charge in [-0.25, -0.2) is 4.79 Å². The Hall–Kier alpha value is -1.75. The molecule has 100 valence electrons. The Labute approximate surface area is 108 Å². The number of carbonyl (C=O) groups is 1. The van der Waals surface area contributed by atoms with Crippen molar-refractivity contribution in [2.45, 2.75) is 13.8 Å². The van der Waals surface area contributed by atoms with Crippen LogP contribution >= 0.6 is 0 Å². The standard InChI is InChI=1S/C13H21N3O2/c1-3-16(9-10-18-4-2)13(17)15-12-7-5-11(14)6-8-12/h5-8H,3-4,9-10,14H2,1-2H3,(H,15,17). The number of hydrogen-bond acceptors (Lipinski definition) is 3. The first-order chi connectivity index (χ1) is 8.67. The molecule has 5 heteroatoms. The molecule has 2 amide bonds. The van der Waals surface area contributed by atoms with Crippen molar-refractivity contribution in [1.82, 2.24) is 4.90 Å². The number of rotatable bonds is 6. The predicted octanol–water partition coefficient (Wildman–Crippen LogP) is 2.16. The average molecular weight is 251 g/mol. The zero-order valence-electron chi connectivity index (χ0n) is 11.0. The van der Waals surface area contributed by atoms with Crippen LogP contribution in [0.15, 0.2) is 24.3 Å². The molecule has 0 saturated heterocycles. The lowest BCUT2D eigenvalue weighted by Gasteiger charge is -2.21. The number of ether oxygens (including phenoxy) is 1. The van der Waals surface area contributed by atoms with Gasteiger partial charge < -0.3 is 20.7 Å². The summed E-state index contributed by atoms with van der Waals surface area (Å²) < 4.78 is 5.24. The van der Waals surface area contributed by atoms with Crippen LogP contribution in [0, 0.1) is 0 Å². The van der Waals surface area contributed by atoms with Gasteiger partial charge in [-0.1, -0.05) is 0 Å². The van der Waals surface area contributed by atoms with Crippen LogP contribution in [0.3, 0.4) is 0 Å². The van der Waals surface area contributed by atoms with Gasteiger partial charge in [0.1, 0.15) is 0 Å². The highest BCUT2D eigenvalue weighted by molar-refractivity contribution is 5.89. The fourth-order valence-corrected chi connectivity index (χ4v) is 1.49. The molecule has 0 fully saturated rings. The van der Waals surface area contributed by atoms with Crippen LogP contribution in [-0.2, 0) is 4.74 Å². The van der Waals surface area contributed by atoms with Crippen molar-refractivity contribution in [1.29, 1.82) is 0 Å². The molecule has 0 heterocycles. The third-order valence-corrected chi connectivity index (χ3v) is 2.54. The van der Waals surface area contributed by atoms with Crippen LogP contribution in [0.4, 0.5) is 16.2 Å². The molecule has 0 saturated carbocycles. The first kappa shape index (κ1) is 14.3. The van der Waals surface area contributed by atoms with E-state index in [0.717, 1.165) is 5.69 Å². The third-order valence-electron chi connectivity index (χ3n) is 2.54. The number of nitrogens with two attached hydrogens (primary N) is 1. The van der Waals surface area contributed by atoms with Crippen LogP contribution in [0.1, 0.15) is 13.8 Å². The maximum atomic E-state index is 12.0. The van der Waals surface area contributed by atoms with Crippen LogP contribution in [0.25, 0.3) is 0 Å². The van der Waals surface area contributed by atoms with Gasteiger partial charge in [-0.05, 0) is 38.1 Å². The molecular weight excluding hydrogens is 230 g/mol. The number of anilines is 2. The maximum absolute atomic E-state index is 12.0. The van der Waals surface area contributed by atoms with Gasteiger partial charge in [-0.15, -0.1) is 0 Å². The van der Waals surface area contributed by atoms with Crippen LogP contribution in [0.2, 0.25) is 0 Å². The summed E-state index contributed by atoms with van der Waals surface area (Å²) in [6, 6.07) is 6.95. The number of nitrogens with zero attached hydrogens (tertiary/aromatic N) is 1. The van der Waals surface area contributed by atoms with E-state index in [-0.39, 0.29) is 6.03 Å². The van der Waals surface area contributed by atoms with Crippen molar-refractivity contribution in [3.05, 3.63) is 24.3 Å². The van der Waals surface area contributed by atoms with Crippen molar-refractivity contribution in [3.63, 3.8) is 0 Å². The Kier molecular flexibility index (Phi) is 6.00. The van der Waals surface area contributed by atoms with E-state index in [2.05, 4.69) is 5.32 Å². The molecule has 0 unspecified atom stereocenters. The smallest absolute Gasteiger partial charge is 0.321 e. The Balaban J connectivity index is 2.48. The highest BCUT2D eigenvalue weighted by Crippen LogP contribution is 2.11. The van der Waals surface area contributed by atoms with E-state index >= 15 is 0 Å². The predicted molar refractivity (Wildman–Crippen MR) is 73.6 cm³/mol. The molecule has 0 spiro atoms. The minimum Gasteiger partial charge on any atom is -0.399 e. The fraction of sp³-hybridized carbons (Fsp3) is 0.462. The fourth-order valence-electron chi connectivity index (χ4n) is 1.49. The molecule has 0 aliphatic heterocycles. The SMILES string of the molecule is CCOCCN(CC)C(=O)Nc1ccc(N)cc1. The summed E-state index contributed by atoms with van der Waals surface area (Å²) in [6.07, 6.45) is 0. The Morgan fingerprint density at radius 3 is 2.56 bits per heavy atom. The summed E-state index contributed by atoms with van der Waals surface area (Å²) in [4.78, 5) is 13.7. The van der Waals surface area contributed by atoms with Gasteiger partial charge in [0.2, 0.25) is 0 Å². The molecule has 3 N–H and O–H groups in total. The van der Waals surface area contributed by atoms with Gasteiger partial charge in [-0.2, -0.15) is 0 Å². The third kappa shape index (κ3) is 4.63.